The van der Waals surface area contributed by atoms with E-state index in [2.05, 4.69) is 69.9 Å². The topological polar surface area (TPSA) is 17.3 Å². The highest BCUT2D eigenvalue weighted by Crippen LogP contribution is 2.28. The maximum atomic E-state index is 4.78. The van der Waals surface area contributed by atoms with Gasteiger partial charge >= 0.3 is 0 Å². The number of rotatable bonds is 3. The van der Waals surface area contributed by atoms with Crippen LogP contribution in [-0.4, -0.2) is 9.38 Å². The molecule has 0 amide bonds. The minimum atomic E-state index is 1.03. The van der Waals surface area contributed by atoms with Crippen LogP contribution in [0.4, 0.5) is 0 Å². The average molecular weight is 308 g/mol. The summed E-state index contributed by atoms with van der Waals surface area (Å²) in [6.07, 6.45) is 6.38. The van der Waals surface area contributed by atoms with Crippen molar-refractivity contribution in [3.63, 3.8) is 0 Å². The molecule has 21 heavy (non-hydrogen) atoms. The quantitative estimate of drug-likeness (QED) is 0.502. The Bertz CT molecular complexity index is 884. The number of imidazole rings is 1. The van der Waals surface area contributed by atoms with E-state index in [4.69, 9.17) is 4.98 Å². The lowest BCUT2D eigenvalue weighted by atomic mass is 10.1. The second-order valence-corrected chi connectivity index (χ2v) is 6.47. The van der Waals surface area contributed by atoms with E-state index in [1.165, 1.54) is 4.88 Å². The molecule has 1 aromatic carbocycles. The van der Waals surface area contributed by atoms with Crippen molar-refractivity contribution in [3.8, 4) is 11.3 Å². The van der Waals surface area contributed by atoms with E-state index in [0.29, 0.717) is 0 Å². The lowest BCUT2D eigenvalue weighted by Crippen LogP contribution is -1.84. The summed E-state index contributed by atoms with van der Waals surface area (Å²) in [5.74, 6) is 0. The highest BCUT2D eigenvalue weighted by Gasteiger charge is 2.12. The van der Waals surface area contributed by atoms with Gasteiger partial charge in [0.15, 0.2) is 4.96 Å². The van der Waals surface area contributed by atoms with Gasteiger partial charge in [-0.1, -0.05) is 36.4 Å². The van der Waals surface area contributed by atoms with E-state index in [1.807, 2.05) is 6.07 Å². The molecule has 0 spiro atoms. The normalized spacial score (nSPS) is 11.6. The zero-order valence-electron chi connectivity index (χ0n) is 11.1. The Kier molecular flexibility index (Phi) is 3.18. The van der Waals surface area contributed by atoms with Gasteiger partial charge in [0.1, 0.15) is 0 Å². The highest BCUT2D eigenvalue weighted by atomic mass is 32.1. The molecule has 0 aliphatic rings. The highest BCUT2D eigenvalue weighted by molar-refractivity contribution is 7.15. The van der Waals surface area contributed by atoms with Crippen LogP contribution in [-0.2, 0) is 0 Å². The number of hydrogen-bond donors (Lipinski definition) is 0. The molecular weight excluding hydrogens is 296 g/mol. The third-order valence-electron chi connectivity index (χ3n) is 3.29. The number of fused-ring (bicyclic) bond motifs is 1. The van der Waals surface area contributed by atoms with Crippen molar-refractivity contribution in [3.05, 3.63) is 70.0 Å². The van der Waals surface area contributed by atoms with Crippen LogP contribution in [0.1, 0.15) is 10.6 Å². The molecule has 0 fully saturated rings. The second-order valence-electron chi connectivity index (χ2n) is 4.62. The fraction of sp³-hybridized carbons (Fsp3) is 0. The lowest BCUT2D eigenvalue weighted by molar-refractivity contribution is 1.21. The fourth-order valence-corrected chi connectivity index (χ4v) is 3.66. The van der Waals surface area contributed by atoms with Crippen molar-refractivity contribution in [2.75, 3.05) is 0 Å². The molecule has 0 radical (unpaired) electrons. The van der Waals surface area contributed by atoms with Gasteiger partial charge in [-0.3, -0.25) is 4.40 Å². The molecule has 0 aliphatic carbocycles. The number of thiazole rings is 1. The van der Waals surface area contributed by atoms with Crippen molar-refractivity contribution < 1.29 is 0 Å². The van der Waals surface area contributed by atoms with Crippen LogP contribution in [0.25, 0.3) is 28.4 Å². The van der Waals surface area contributed by atoms with Crippen LogP contribution in [0.2, 0.25) is 0 Å². The zero-order valence-corrected chi connectivity index (χ0v) is 12.8. The predicted octanol–water partition coefficient (Wildman–Crippen LogP) is 5.29. The van der Waals surface area contributed by atoms with Gasteiger partial charge in [0, 0.05) is 22.0 Å². The Hall–Kier alpha value is -2.17. The van der Waals surface area contributed by atoms with Crippen LogP contribution in [0.15, 0.2) is 59.4 Å². The molecule has 3 heterocycles. The van der Waals surface area contributed by atoms with Gasteiger partial charge < -0.3 is 0 Å². The Labute approximate surface area is 130 Å². The van der Waals surface area contributed by atoms with Crippen LogP contribution in [0.3, 0.4) is 0 Å². The fourth-order valence-electron chi connectivity index (χ4n) is 2.32. The van der Waals surface area contributed by atoms with E-state index in [-0.39, 0.29) is 0 Å². The van der Waals surface area contributed by atoms with Crippen molar-refractivity contribution in [1.29, 1.82) is 0 Å². The molecule has 0 atom stereocenters. The Morgan fingerprint density at radius 3 is 2.62 bits per heavy atom. The summed E-state index contributed by atoms with van der Waals surface area (Å²) in [4.78, 5) is 7.05. The van der Waals surface area contributed by atoms with E-state index >= 15 is 0 Å². The lowest BCUT2D eigenvalue weighted by Gasteiger charge is -1.99. The number of aromatic nitrogens is 2. The van der Waals surface area contributed by atoms with Gasteiger partial charge in [-0.25, -0.2) is 4.98 Å². The number of benzene rings is 1. The third-order valence-corrected chi connectivity index (χ3v) is 4.89. The third kappa shape index (κ3) is 2.33. The standard InChI is InChI=1S/C17H12N2S2/c1-2-5-13(6-3-1)16-15(9-8-14-7-4-11-20-14)19-10-12-21-17(19)18-16/h1-12H/b9-8-. The van der Waals surface area contributed by atoms with Crippen molar-refractivity contribution in [1.82, 2.24) is 9.38 Å². The summed E-state index contributed by atoms with van der Waals surface area (Å²) in [6, 6.07) is 14.5. The van der Waals surface area contributed by atoms with Gasteiger partial charge in [0.25, 0.3) is 0 Å². The zero-order chi connectivity index (χ0) is 14.1. The molecule has 2 nitrogen and oxygen atoms in total. The van der Waals surface area contributed by atoms with Crippen molar-refractivity contribution >= 4 is 39.8 Å². The summed E-state index contributed by atoms with van der Waals surface area (Å²) in [5, 5.41) is 4.16. The predicted molar refractivity (Wildman–Crippen MR) is 91.8 cm³/mol. The van der Waals surface area contributed by atoms with Crippen molar-refractivity contribution in [2.45, 2.75) is 0 Å². The van der Waals surface area contributed by atoms with Crippen molar-refractivity contribution in [2.24, 2.45) is 0 Å². The Morgan fingerprint density at radius 2 is 1.81 bits per heavy atom. The minimum Gasteiger partial charge on any atom is -0.290 e. The van der Waals surface area contributed by atoms with Gasteiger partial charge in [0.2, 0.25) is 0 Å². The molecule has 4 heteroatoms. The maximum absolute atomic E-state index is 4.78. The smallest absolute Gasteiger partial charge is 0.194 e. The molecule has 0 saturated carbocycles. The van der Waals surface area contributed by atoms with Crippen LogP contribution in [0.5, 0.6) is 0 Å². The molecule has 0 unspecified atom stereocenters. The molecule has 4 rings (SSSR count). The van der Waals surface area contributed by atoms with E-state index in [0.717, 1.165) is 21.9 Å². The molecule has 0 saturated heterocycles. The van der Waals surface area contributed by atoms with E-state index < -0.39 is 0 Å². The molecule has 3 aromatic heterocycles. The van der Waals surface area contributed by atoms with Crippen LogP contribution >= 0.6 is 22.7 Å². The first-order valence-corrected chi connectivity index (χ1v) is 8.40. The Morgan fingerprint density at radius 1 is 0.905 bits per heavy atom. The summed E-state index contributed by atoms with van der Waals surface area (Å²) >= 11 is 3.40. The van der Waals surface area contributed by atoms with Gasteiger partial charge in [0.05, 0.1) is 11.4 Å². The number of hydrogen-bond acceptors (Lipinski definition) is 3. The summed E-state index contributed by atoms with van der Waals surface area (Å²) in [6.45, 7) is 0. The minimum absolute atomic E-state index is 1.03. The first-order valence-electron chi connectivity index (χ1n) is 6.64. The molecule has 4 aromatic rings. The van der Waals surface area contributed by atoms with E-state index in [1.54, 1.807) is 22.7 Å². The molecular formula is C17H12N2S2. The van der Waals surface area contributed by atoms with Gasteiger partial charge in [-0.15, -0.1) is 22.7 Å². The first kappa shape index (κ1) is 12.6. The van der Waals surface area contributed by atoms with Crippen LogP contribution in [0, 0.1) is 0 Å². The van der Waals surface area contributed by atoms with Crippen LogP contribution < -0.4 is 0 Å². The summed E-state index contributed by atoms with van der Waals surface area (Å²) in [7, 11) is 0. The molecule has 102 valence electrons. The molecule has 0 bridgehead atoms. The average Bonchev–Trinajstić information content (AvgIpc) is 3.23. The SMILES string of the molecule is C(=C/c1c(-c2ccccc2)nc2sccn12)/c1cccs1. The molecule has 0 aliphatic heterocycles. The summed E-state index contributed by atoms with van der Waals surface area (Å²) in [5.41, 5.74) is 3.32. The summed E-state index contributed by atoms with van der Waals surface area (Å²) < 4.78 is 2.15. The monoisotopic (exact) mass is 308 g/mol. The largest absolute Gasteiger partial charge is 0.290 e. The Balaban J connectivity index is 1.87. The number of thiophene rings is 1. The first-order chi connectivity index (χ1) is 10.4. The number of nitrogens with zero attached hydrogens (tertiary/aromatic N) is 2. The molecule has 0 N–H and O–H groups in total. The van der Waals surface area contributed by atoms with Gasteiger partial charge in [-0.2, -0.15) is 0 Å². The maximum Gasteiger partial charge on any atom is 0.194 e. The van der Waals surface area contributed by atoms with E-state index in [9.17, 15) is 0 Å². The van der Waals surface area contributed by atoms with Gasteiger partial charge in [-0.05, 0) is 23.6 Å². The second kappa shape index (κ2) is 5.31.